The molecule has 0 saturated carbocycles. The highest BCUT2D eigenvalue weighted by atomic mass is 16.2. The van der Waals surface area contributed by atoms with Crippen molar-refractivity contribution in [3.8, 4) is 0 Å². The summed E-state index contributed by atoms with van der Waals surface area (Å²) in [6.07, 6.45) is 0. The van der Waals surface area contributed by atoms with Crippen molar-refractivity contribution in [2.75, 3.05) is 18.4 Å². The average Bonchev–Trinajstić information content (AvgIpc) is 2.69. The van der Waals surface area contributed by atoms with E-state index in [1.807, 2.05) is 19.9 Å². The number of carbonyl (C=O) groups is 2. The van der Waals surface area contributed by atoms with Gasteiger partial charge in [0, 0.05) is 29.7 Å². The zero-order chi connectivity index (χ0) is 19.4. The van der Waals surface area contributed by atoms with Crippen LogP contribution >= 0.6 is 0 Å². The van der Waals surface area contributed by atoms with Crippen molar-refractivity contribution < 1.29 is 9.59 Å². The van der Waals surface area contributed by atoms with Gasteiger partial charge in [0.15, 0.2) is 0 Å². The van der Waals surface area contributed by atoms with E-state index in [-0.39, 0.29) is 17.2 Å². The summed E-state index contributed by atoms with van der Waals surface area (Å²) in [5.41, 5.74) is 0.987. The van der Waals surface area contributed by atoms with Crippen molar-refractivity contribution in [3.05, 3.63) is 76.2 Å². The Morgan fingerprint density at radius 1 is 1.00 bits per heavy atom. The smallest absolute Gasteiger partial charge is 0.272 e. The van der Waals surface area contributed by atoms with Crippen LogP contribution in [0.15, 0.2) is 59.4 Å². The average molecular weight is 363 g/mol. The zero-order valence-corrected chi connectivity index (χ0v) is 15.3. The van der Waals surface area contributed by atoms with Crippen LogP contribution in [0.5, 0.6) is 0 Å². The molecule has 138 valence electrons. The number of hydrogen-bond donors (Lipinski definition) is 2. The van der Waals surface area contributed by atoms with Gasteiger partial charge in [-0.2, -0.15) is 0 Å². The molecule has 0 aliphatic carbocycles. The van der Waals surface area contributed by atoms with Crippen molar-refractivity contribution in [2.24, 2.45) is 0 Å². The Labute approximate surface area is 156 Å². The van der Waals surface area contributed by atoms with Gasteiger partial charge in [-0.15, -0.1) is 0 Å². The normalized spacial score (nSPS) is 10.6. The molecule has 0 unspecified atom stereocenters. The first kappa shape index (κ1) is 18.4. The Balaban J connectivity index is 1.78. The first-order chi connectivity index (χ1) is 13.0. The van der Waals surface area contributed by atoms with E-state index in [1.54, 1.807) is 53.4 Å². The second kappa shape index (κ2) is 7.86. The molecule has 0 aliphatic heterocycles. The van der Waals surface area contributed by atoms with Crippen molar-refractivity contribution in [2.45, 2.75) is 13.8 Å². The van der Waals surface area contributed by atoms with Gasteiger partial charge in [0.1, 0.15) is 5.69 Å². The fourth-order valence-corrected chi connectivity index (χ4v) is 2.92. The summed E-state index contributed by atoms with van der Waals surface area (Å²) in [4.78, 5) is 41.2. The van der Waals surface area contributed by atoms with Gasteiger partial charge in [-0.25, -0.2) is 0 Å². The van der Waals surface area contributed by atoms with E-state index in [4.69, 9.17) is 0 Å². The molecule has 0 spiro atoms. The lowest BCUT2D eigenvalue weighted by atomic mass is 10.1. The number of nitrogens with zero attached hydrogens (tertiary/aromatic N) is 1. The molecule has 6 nitrogen and oxygen atoms in total. The Morgan fingerprint density at radius 2 is 1.67 bits per heavy atom. The lowest BCUT2D eigenvalue weighted by Gasteiger charge is -2.18. The van der Waals surface area contributed by atoms with E-state index >= 15 is 0 Å². The third-order valence-corrected chi connectivity index (χ3v) is 4.44. The van der Waals surface area contributed by atoms with Gasteiger partial charge in [-0.1, -0.05) is 18.2 Å². The Morgan fingerprint density at radius 3 is 2.33 bits per heavy atom. The fraction of sp³-hybridized carbons (Fsp3) is 0.190. The maximum absolute atomic E-state index is 12.5. The van der Waals surface area contributed by atoms with Crippen LogP contribution in [-0.2, 0) is 0 Å². The zero-order valence-electron chi connectivity index (χ0n) is 15.3. The van der Waals surface area contributed by atoms with E-state index in [1.165, 1.54) is 0 Å². The maximum Gasteiger partial charge on any atom is 0.272 e. The number of rotatable bonds is 5. The van der Waals surface area contributed by atoms with Crippen LogP contribution < -0.4 is 10.9 Å². The minimum absolute atomic E-state index is 0.0447. The largest absolute Gasteiger partial charge is 0.339 e. The first-order valence-electron chi connectivity index (χ1n) is 8.86. The molecule has 0 atom stereocenters. The van der Waals surface area contributed by atoms with Crippen molar-refractivity contribution in [3.63, 3.8) is 0 Å². The minimum atomic E-state index is -0.416. The number of aromatic nitrogens is 1. The monoisotopic (exact) mass is 363 g/mol. The predicted octanol–water partition coefficient (Wildman–Crippen LogP) is 3.26. The molecule has 0 aliphatic rings. The van der Waals surface area contributed by atoms with Crippen LogP contribution in [0.2, 0.25) is 0 Å². The first-order valence-corrected chi connectivity index (χ1v) is 8.86. The lowest BCUT2D eigenvalue weighted by Crippen LogP contribution is -2.30. The number of carbonyl (C=O) groups excluding carboxylic acids is 2. The SMILES string of the molecule is CCN(CC)C(=O)c1ccc(NC(=O)c2cc3ccccc3c(=O)[nH]2)cc1. The van der Waals surface area contributed by atoms with Crippen LogP contribution in [0, 0.1) is 0 Å². The summed E-state index contributed by atoms with van der Waals surface area (Å²) in [6.45, 7) is 5.15. The van der Waals surface area contributed by atoms with E-state index in [2.05, 4.69) is 10.3 Å². The molecule has 0 saturated heterocycles. The molecule has 0 bridgehead atoms. The van der Waals surface area contributed by atoms with Crippen LogP contribution in [0.4, 0.5) is 5.69 Å². The highest BCUT2D eigenvalue weighted by Gasteiger charge is 2.13. The van der Waals surface area contributed by atoms with E-state index < -0.39 is 5.91 Å². The number of H-pyrrole nitrogens is 1. The quantitative estimate of drug-likeness (QED) is 0.730. The van der Waals surface area contributed by atoms with Gasteiger partial charge in [-0.05, 0) is 55.6 Å². The maximum atomic E-state index is 12.5. The number of anilines is 1. The van der Waals surface area contributed by atoms with Crippen LogP contribution in [-0.4, -0.2) is 34.8 Å². The number of fused-ring (bicyclic) bond motifs is 1. The Hall–Kier alpha value is -3.41. The number of pyridine rings is 1. The lowest BCUT2D eigenvalue weighted by molar-refractivity contribution is 0.0773. The van der Waals surface area contributed by atoms with Gasteiger partial charge in [0.25, 0.3) is 17.4 Å². The highest BCUT2D eigenvalue weighted by Crippen LogP contribution is 2.14. The number of aromatic amines is 1. The molecule has 2 amide bonds. The number of nitrogens with one attached hydrogen (secondary N) is 2. The molecule has 2 N–H and O–H groups in total. The summed E-state index contributed by atoms with van der Waals surface area (Å²) in [7, 11) is 0. The van der Waals surface area contributed by atoms with Gasteiger partial charge in [0.05, 0.1) is 0 Å². The second-order valence-electron chi connectivity index (χ2n) is 6.11. The number of hydrogen-bond acceptors (Lipinski definition) is 3. The van der Waals surface area contributed by atoms with Crippen molar-refractivity contribution in [1.82, 2.24) is 9.88 Å². The fourth-order valence-electron chi connectivity index (χ4n) is 2.92. The predicted molar refractivity (Wildman–Crippen MR) is 106 cm³/mol. The number of benzene rings is 2. The second-order valence-corrected chi connectivity index (χ2v) is 6.11. The Bertz CT molecular complexity index is 1030. The van der Waals surface area contributed by atoms with E-state index in [0.29, 0.717) is 35.1 Å². The van der Waals surface area contributed by atoms with Crippen molar-refractivity contribution >= 4 is 28.3 Å². The highest BCUT2D eigenvalue weighted by molar-refractivity contribution is 6.05. The van der Waals surface area contributed by atoms with Gasteiger partial charge >= 0.3 is 0 Å². The van der Waals surface area contributed by atoms with Crippen LogP contribution in [0.25, 0.3) is 10.8 Å². The van der Waals surface area contributed by atoms with Crippen LogP contribution in [0.1, 0.15) is 34.7 Å². The molecule has 2 aromatic carbocycles. The van der Waals surface area contributed by atoms with Gasteiger partial charge in [-0.3, -0.25) is 14.4 Å². The van der Waals surface area contributed by atoms with Crippen LogP contribution in [0.3, 0.4) is 0 Å². The summed E-state index contributed by atoms with van der Waals surface area (Å²) >= 11 is 0. The molecular weight excluding hydrogens is 342 g/mol. The van der Waals surface area contributed by atoms with Gasteiger partial charge in [0.2, 0.25) is 0 Å². The minimum Gasteiger partial charge on any atom is -0.339 e. The molecule has 1 heterocycles. The summed E-state index contributed by atoms with van der Waals surface area (Å²) in [5, 5.41) is 3.98. The molecule has 1 aromatic heterocycles. The molecule has 27 heavy (non-hydrogen) atoms. The topological polar surface area (TPSA) is 82.3 Å². The molecule has 3 rings (SSSR count). The van der Waals surface area contributed by atoms with E-state index in [9.17, 15) is 14.4 Å². The van der Waals surface area contributed by atoms with Gasteiger partial charge < -0.3 is 15.2 Å². The molecular formula is C21H21N3O3. The molecule has 3 aromatic rings. The summed E-state index contributed by atoms with van der Waals surface area (Å²) in [5.74, 6) is -0.461. The molecule has 6 heteroatoms. The third kappa shape index (κ3) is 3.89. The molecule has 0 fully saturated rings. The summed E-state index contributed by atoms with van der Waals surface area (Å²) in [6, 6.07) is 15.4. The Kier molecular flexibility index (Phi) is 5.35. The standard InChI is InChI=1S/C21H21N3O3/c1-3-24(4-2)21(27)14-9-11-16(12-10-14)22-20(26)18-13-15-7-5-6-8-17(15)19(25)23-18/h5-13H,3-4H2,1-2H3,(H,22,26)(H,23,25). The van der Waals surface area contributed by atoms with Crippen molar-refractivity contribution in [1.29, 1.82) is 0 Å². The third-order valence-electron chi connectivity index (χ3n) is 4.44. The van der Waals surface area contributed by atoms with E-state index in [0.717, 1.165) is 0 Å². The summed E-state index contributed by atoms with van der Waals surface area (Å²) < 4.78 is 0. The number of amides is 2. The molecule has 0 radical (unpaired) electrons.